The SMILES string of the molecule is C=CC.C=CC(=C)Cl.CC.CCC1=CC=C(c2csc(NC(=O)C3CC3c3ccccc3)c2C(=O)O)C=CC1. The van der Waals surface area contributed by atoms with Crippen LogP contribution in [0.3, 0.4) is 0 Å². The van der Waals surface area contributed by atoms with Crippen molar-refractivity contribution < 1.29 is 14.7 Å². The maximum atomic E-state index is 12.7. The molecule has 1 aromatic carbocycles. The Morgan fingerprint density at radius 3 is 2.33 bits per heavy atom. The molecule has 0 saturated heterocycles. The molecule has 6 heteroatoms. The highest BCUT2D eigenvalue weighted by Crippen LogP contribution is 2.48. The first kappa shape index (κ1) is 33.6. The number of rotatable bonds is 7. The van der Waals surface area contributed by atoms with Crippen molar-refractivity contribution in [1.29, 1.82) is 0 Å². The minimum absolute atomic E-state index is 0.100. The third kappa shape index (κ3) is 10.7. The number of aromatic carboxylic acids is 1. The van der Waals surface area contributed by atoms with Crippen molar-refractivity contribution in [3.8, 4) is 0 Å². The van der Waals surface area contributed by atoms with Crippen LogP contribution in [-0.2, 0) is 4.79 Å². The van der Waals surface area contributed by atoms with Gasteiger partial charge in [0.15, 0.2) is 0 Å². The highest BCUT2D eigenvalue weighted by molar-refractivity contribution is 7.15. The van der Waals surface area contributed by atoms with Gasteiger partial charge < -0.3 is 10.4 Å². The Balaban J connectivity index is 0.000000663. The molecule has 2 unspecified atom stereocenters. The molecule has 0 bridgehead atoms. The van der Waals surface area contributed by atoms with Crippen LogP contribution in [-0.4, -0.2) is 17.0 Å². The van der Waals surface area contributed by atoms with Crippen LogP contribution in [0.1, 0.15) is 74.4 Å². The van der Waals surface area contributed by atoms with Crippen LogP contribution in [0.4, 0.5) is 5.00 Å². The molecule has 2 aliphatic rings. The molecule has 1 fully saturated rings. The first-order valence-electron chi connectivity index (χ1n) is 13.1. The summed E-state index contributed by atoms with van der Waals surface area (Å²) in [5, 5.41) is 15.4. The van der Waals surface area contributed by atoms with E-state index in [0.717, 1.165) is 30.4 Å². The van der Waals surface area contributed by atoms with Crippen LogP contribution in [0.25, 0.3) is 5.57 Å². The molecule has 1 amide bonds. The van der Waals surface area contributed by atoms with Crippen LogP contribution in [0.2, 0.25) is 0 Å². The summed E-state index contributed by atoms with van der Waals surface area (Å²) in [7, 11) is 0. The number of carboxylic acid groups (broad SMARTS) is 1. The van der Waals surface area contributed by atoms with Crippen molar-refractivity contribution in [3.05, 3.63) is 119 Å². The van der Waals surface area contributed by atoms with Gasteiger partial charge in [0.05, 0.1) is 0 Å². The van der Waals surface area contributed by atoms with E-state index in [-0.39, 0.29) is 23.3 Å². The Morgan fingerprint density at radius 2 is 1.79 bits per heavy atom. The minimum atomic E-state index is -1.02. The molecule has 4 rings (SSSR count). The number of anilines is 1. The molecule has 1 saturated carbocycles. The lowest BCUT2D eigenvalue weighted by molar-refractivity contribution is -0.117. The summed E-state index contributed by atoms with van der Waals surface area (Å²) in [6.45, 7) is 18.0. The molecule has 2 aliphatic carbocycles. The number of carbonyl (C=O) groups is 2. The number of hydrogen-bond acceptors (Lipinski definition) is 3. The normalized spacial score (nSPS) is 16.5. The third-order valence-electron chi connectivity index (χ3n) is 5.76. The molecule has 39 heavy (non-hydrogen) atoms. The van der Waals surface area contributed by atoms with Gasteiger partial charge in [-0.15, -0.1) is 17.9 Å². The Labute approximate surface area is 242 Å². The average Bonchev–Trinajstić information content (AvgIpc) is 3.70. The van der Waals surface area contributed by atoms with Crippen molar-refractivity contribution in [2.75, 3.05) is 5.32 Å². The first-order chi connectivity index (χ1) is 18.8. The van der Waals surface area contributed by atoms with Crippen molar-refractivity contribution in [1.82, 2.24) is 0 Å². The van der Waals surface area contributed by atoms with E-state index < -0.39 is 5.97 Å². The molecule has 2 atom stereocenters. The van der Waals surface area contributed by atoms with E-state index in [4.69, 9.17) is 11.6 Å². The molecule has 2 aromatic rings. The lowest BCUT2D eigenvalue weighted by Gasteiger charge is -2.06. The number of allylic oxidation sites excluding steroid dienone is 9. The summed E-state index contributed by atoms with van der Waals surface area (Å²) in [5.74, 6) is -1.01. The van der Waals surface area contributed by atoms with Crippen molar-refractivity contribution in [3.63, 3.8) is 0 Å². The fraction of sp³-hybridized carbons (Fsp3) is 0.273. The van der Waals surface area contributed by atoms with Gasteiger partial charge in [-0.25, -0.2) is 4.79 Å². The predicted molar refractivity (Wildman–Crippen MR) is 170 cm³/mol. The Kier molecular flexibility index (Phi) is 15.5. The molecular weight excluding hydrogens is 526 g/mol. The summed E-state index contributed by atoms with van der Waals surface area (Å²) in [6.07, 6.45) is 13.9. The number of carbonyl (C=O) groups excluding carboxylic acids is 1. The zero-order valence-electron chi connectivity index (χ0n) is 23.4. The fourth-order valence-corrected chi connectivity index (χ4v) is 4.71. The number of halogens is 1. The minimum Gasteiger partial charge on any atom is -0.478 e. The molecule has 208 valence electrons. The van der Waals surface area contributed by atoms with Crippen LogP contribution < -0.4 is 5.32 Å². The fourth-order valence-electron chi connectivity index (χ4n) is 3.74. The lowest BCUT2D eigenvalue weighted by atomic mass is 10.0. The van der Waals surface area contributed by atoms with Gasteiger partial charge in [0, 0.05) is 21.9 Å². The molecular formula is C33H40ClNO3S. The maximum Gasteiger partial charge on any atom is 0.339 e. The van der Waals surface area contributed by atoms with Crippen LogP contribution in [0, 0.1) is 5.92 Å². The van der Waals surface area contributed by atoms with E-state index in [0.29, 0.717) is 15.6 Å². The third-order valence-corrected chi connectivity index (χ3v) is 6.81. The zero-order valence-corrected chi connectivity index (χ0v) is 24.9. The lowest BCUT2D eigenvalue weighted by Crippen LogP contribution is -2.16. The van der Waals surface area contributed by atoms with E-state index in [1.165, 1.54) is 23.0 Å². The van der Waals surface area contributed by atoms with E-state index in [1.54, 1.807) is 6.08 Å². The van der Waals surface area contributed by atoms with E-state index in [2.05, 4.69) is 44.1 Å². The highest BCUT2D eigenvalue weighted by atomic mass is 35.5. The van der Waals surface area contributed by atoms with Gasteiger partial charge in [0.1, 0.15) is 10.6 Å². The molecule has 0 aliphatic heterocycles. The highest BCUT2D eigenvalue weighted by Gasteiger charge is 2.44. The quantitative estimate of drug-likeness (QED) is 0.259. The van der Waals surface area contributed by atoms with Crippen molar-refractivity contribution in [2.24, 2.45) is 5.92 Å². The van der Waals surface area contributed by atoms with Gasteiger partial charge in [-0.3, -0.25) is 4.79 Å². The number of carboxylic acids is 1. The van der Waals surface area contributed by atoms with Gasteiger partial charge >= 0.3 is 5.97 Å². The number of nitrogens with one attached hydrogen (secondary N) is 1. The van der Waals surface area contributed by atoms with E-state index in [9.17, 15) is 14.7 Å². The van der Waals surface area contributed by atoms with Gasteiger partial charge in [0.25, 0.3) is 0 Å². The monoisotopic (exact) mass is 565 g/mol. The second-order valence-corrected chi connectivity index (χ2v) is 9.84. The number of benzene rings is 1. The van der Waals surface area contributed by atoms with Crippen molar-refractivity contribution >= 4 is 45.4 Å². The van der Waals surface area contributed by atoms with Gasteiger partial charge in [-0.1, -0.05) is 118 Å². The van der Waals surface area contributed by atoms with Crippen LogP contribution >= 0.6 is 22.9 Å². The Hall–Kier alpha value is -3.41. The van der Waals surface area contributed by atoms with Gasteiger partial charge in [-0.2, -0.15) is 0 Å². The maximum absolute atomic E-state index is 12.7. The zero-order chi connectivity index (χ0) is 29.4. The summed E-state index contributed by atoms with van der Waals surface area (Å²) in [6, 6.07) is 9.98. The molecule has 4 nitrogen and oxygen atoms in total. The smallest absolute Gasteiger partial charge is 0.339 e. The average molecular weight is 566 g/mol. The standard InChI is InChI=1S/C24H23NO3S.C4H5Cl.C3H6.C2H6/c1-2-15-7-6-10-17(12-11-15)20-14-29-23(21(20)24(27)28)25-22(26)19-13-18(19)16-8-4-3-5-9-16;1-3-4(2)5;1-3-2;1-2/h3-6,8-12,14,18-19H,2,7,13H2,1H3,(H,25,26)(H,27,28);3H,1-2H2;3H,1H2,2H3;1-2H3. The van der Waals surface area contributed by atoms with Crippen LogP contribution in [0.15, 0.2) is 103 Å². The predicted octanol–water partition coefficient (Wildman–Crippen LogP) is 10.0. The summed E-state index contributed by atoms with van der Waals surface area (Å²) >= 11 is 6.42. The molecule has 1 heterocycles. The largest absolute Gasteiger partial charge is 0.478 e. The van der Waals surface area contributed by atoms with Crippen molar-refractivity contribution in [2.45, 2.75) is 52.9 Å². The van der Waals surface area contributed by atoms with Crippen LogP contribution in [0.5, 0.6) is 0 Å². The van der Waals surface area contributed by atoms with Gasteiger partial charge in [0.2, 0.25) is 5.91 Å². The van der Waals surface area contributed by atoms with E-state index in [1.807, 2.05) is 68.6 Å². The Bertz CT molecular complexity index is 1220. The second kappa shape index (κ2) is 18.0. The summed E-state index contributed by atoms with van der Waals surface area (Å²) < 4.78 is 0. The molecule has 2 N–H and O–H groups in total. The molecule has 1 aromatic heterocycles. The topological polar surface area (TPSA) is 66.4 Å². The first-order valence-corrected chi connectivity index (χ1v) is 14.3. The van der Waals surface area contributed by atoms with E-state index >= 15 is 0 Å². The second-order valence-electron chi connectivity index (χ2n) is 8.47. The summed E-state index contributed by atoms with van der Waals surface area (Å²) in [4.78, 5) is 24.7. The number of hydrogen-bond donors (Lipinski definition) is 2. The summed E-state index contributed by atoms with van der Waals surface area (Å²) in [5.41, 5.74) is 4.14. The number of thiophene rings is 1. The number of amides is 1. The molecule has 0 radical (unpaired) electrons. The van der Waals surface area contributed by atoms with Gasteiger partial charge in [-0.05, 0) is 43.2 Å². The Morgan fingerprint density at radius 1 is 1.18 bits per heavy atom. The molecule has 0 spiro atoms.